The zero-order valence-electron chi connectivity index (χ0n) is 30.8. The van der Waals surface area contributed by atoms with Crippen molar-refractivity contribution < 1.29 is 24.2 Å². The number of carbonyl (C=O) groups is 3. The van der Waals surface area contributed by atoms with Crippen molar-refractivity contribution in [3.05, 3.63) is 118 Å². The van der Waals surface area contributed by atoms with Gasteiger partial charge in [-0.25, -0.2) is 19.9 Å². The lowest BCUT2D eigenvalue weighted by Gasteiger charge is -2.12. The highest BCUT2D eigenvalue weighted by molar-refractivity contribution is 7.99. The number of nitrogens with two attached hydrogens (primary N) is 1. The fourth-order valence-electron chi connectivity index (χ4n) is 5.09. The van der Waals surface area contributed by atoms with Gasteiger partial charge in [-0.15, -0.1) is 47.0 Å². The Bertz CT molecular complexity index is 2010. The number of nitrogen functional groups attached to an aromatic ring is 1. The molecule has 0 aliphatic carbocycles. The second-order valence-electron chi connectivity index (χ2n) is 11.7. The molecule has 11 nitrogen and oxygen atoms in total. The Balaban J connectivity index is 0.000000252. The van der Waals surface area contributed by atoms with E-state index in [9.17, 15) is 19.5 Å². The van der Waals surface area contributed by atoms with Gasteiger partial charge in [-0.3, -0.25) is 14.4 Å². The summed E-state index contributed by atoms with van der Waals surface area (Å²) in [6.45, 7) is 1.98. The molecule has 4 N–H and O–H groups in total. The summed E-state index contributed by atoms with van der Waals surface area (Å²) in [6, 6.07) is 22.7. The number of nitrogens with one attached hydrogen (secondary N) is 1. The van der Waals surface area contributed by atoms with Crippen molar-refractivity contribution in [2.75, 3.05) is 43.2 Å². The highest BCUT2D eigenvalue weighted by Gasteiger charge is 2.18. The molecule has 0 aliphatic heterocycles. The third kappa shape index (κ3) is 12.2. The maximum absolute atomic E-state index is 12.4. The minimum atomic E-state index is -0.898. The molecule has 282 valence electrons. The van der Waals surface area contributed by atoms with Crippen LogP contribution in [-0.2, 0) is 40.0 Å². The van der Waals surface area contributed by atoms with E-state index in [0.717, 1.165) is 43.8 Å². The SMILES string of the molecule is COC(=O)Cc1c(SC)nc(Cc2ccc(N)cc2)nc1SC.CSc1nc(Cc2ccc(NC(=O)c3ccc(C)cc3)cc2)nc(SC)c1CC(=O)O. The van der Waals surface area contributed by atoms with E-state index in [2.05, 4.69) is 25.3 Å². The Labute approximate surface area is 332 Å². The van der Waals surface area contributed by atoms with Gasteiger partial charge in [-0.1, -0.05) is 42.0 Å². The van der Waals surface area contributed by atoms with E-state index < -0.39 is 5.97 Å². The number of benzene rings is 3. The van der Waals surface area contributed by atoms with Crippen molar-refractivity contribution in [3.8, 4) is 0 Å². The average Bonchev–Trinajstić information content (AvgIpc) is 3.17. The minimum Gasteiger partial charge on any atom is -0.481 e. The monoisotopic (exact) mass is 802 g/mol. The van der Waals surface area contributed by atoms with Crippen molar-refractivity contribution in [1.82, 2.24) is 19.9 Å². The molecule has 0 aliphatic rings. The number of hydrogen-bond acceptors (Lipinski definition) is 13. The topological polar surface area (TPSA) is 170 Å². The van der Waals surface area contributed by atoms with E-state index in [4.69, 9.17) is 10.5 Å². The number of aryl methyl sites for hydroxylation is 1. The first-order valence-electron chi connectivity index (χ1n) is 16.5. The highest BCUT2D eigenvalue weighted by Crippen LogP contribution is 2.29. The number of carbonyl (C=O) groups excluding carboxylic acids is 2. The van der Waals surface area contributed by atoms with E-state index in [1.807, 2.05) is 92.6 Å². The van der Waals surface area contributed by atoms with Crippen LogP contribution < -0.4 is 11.1 Å². The number of amides is 1. The van der Waals surface area contributed by atoms with Gasteiger partial charge in [0, 0.05) is 40.9 Å². The lowest BCUT2D eigenvalue weighted by molar-refractivity contribution is -0.140. The summed E-state index contributed by atoms with van der Waals surface area (Å²) in [5, 5.41) is 15.1. The molecular formula is C39H42N6O5S4. The van der Waals surface area contributed by atoms with Crippen LogP contribution in [0.15, 0.2) is 92.9 Å². The Morgan fingerprint density at radius 2 is 1.09 bits per heavy atom. The van der Waals surface area contributed by atoms with Gasteiger partial charge < -0.3 is 20.9 Å². The number of nitrogens with zero attached hydrogens (tertiary/aromatic N) is 4. The largest absolute Gasteiger partial charge is 0.481 e. The molecule has 0 spiro atoms. The number of esters is 1. The number of hydrogen-bond donors (Lipinski definition) is 3. The smallest absolute Gasteiger partial charge is 0.310 e. The second-order valence-corrected chi connectivity index (χ2v) is 14.9. The number of thioether (sulfide) groups is 4. The van der Waals surface area contributed by atoms with Gasteiger partial charge in [-0.05, 0) is 79.5 Å². The Hall–Kier alpha value is -4.57. The molecule has 2 aromatic heterocycles. The second kappa shape index (κ2) is 20.8. The Kier molecular flexibility index (Phi) is 16.2. The summed E-state index contributed by atoms with van der Waals surface area (Å²) in [4.78, 5) is 53.5. The zero-order valence-corrected chi connectivity index (χ0v) is 34.1. The van der Waals surface area contributed by atoms with Crippen LogP contribution in [0.4, 0.5) is 11.4 Å². The average molecular weight is 803 g/mol. The number of rotatable bonds is 14. The number of ether oxygens (including phenoxy) is 1. The summed E-state index contributed by atoms with van der Waals surface area (Å²) >= 11 is 5.87. The lowest BCUT2D eigenvalue weighted by Crippen LogP contribution is -2.11. The van der Waals surface area contributed by atoms with E-state index in [0.29, 0.717) is 45.5 Å². The minimum absolute atomic E-state index is 0.0952. The highest BCUT2D eigenvalue weighted by atomic mass is 32.2. The molecule has 2 heterocycles. The van der Waals surface area contributed by atoms with Crippen LogP contribution in [0.25, 0.3) is 0 Å². The molecular weight excluding hydrogens is 761 g/mol. The van der Waals surface area contributed by atoms with Gasteiger partial charge in [0.25, 0.3) is 5.91 Å². The van der Waals surface area contributed by atoms with Crippen molar-refractivity contribution >= 4 is 76.3 Å². The number of aliphatic carboxylic acids is 1. The van der Waals surface area contributed by atoms with Gasteiger partial charge in [-0.2, -0.15) is 0 Å². The fourth-order valence-corrected chi connectivity index (χ4v) is 7.67. The van der Waals surface area contributed by atoms with Crippen LogP contribution in [0.3, 0.4) is 0 Å². The van der Waals surface area contributed by atoms with E-state index in [-0.39, 0.29) is 24.7 Å². The number of anilines is 2. The molecule has 0 atom stereocenters. The van der Waals surface area contributed by atoms with Crippen molar-refractivity contribution in [2.24, 2.45) is 0 Å². The molecule has 5 rings (SSSR count). The van der Waals surface area contributed by atoms with Crippen LogP contribution in [0.1, 0.15) is 49.8 Å². The van der Waals surface area contributed by atoms with Crippen LogP contribution in [0.2, 0.25) is 0 Å². The third-order valence-corrected chi connectivity index (χ3v) is 10.7. The summed E-state index contributed by atoms with van der Waals surface area (Å²) in [6.07, 6.45) is 8.88. The van der Waals surface area contributed by atoms with Crippen molar-refractivity contribution in [2.45, 2.75) is 52.7 Å². The summed E-state index contributed by atoms with van der Waals surface area (Å²) in [7, 11) is 1.39. The van der Waals surface area contributed by atoms with E-state index >= 15 is 0 Å². The molecule has 5 aromatic rings. The lowest BCUT2D eigenvalue weighted by atomic mass is 10.1. The van der Waals surface area contributed by atoms with Gasteiger partial charge in [0.2, 0.25) is 0 Å². The van der Waals surface area contributed by atoms with Gasteiger partial charge in [0.05, 0.1) is 20.0 Å². The normalized spacial score (nSPS) is 10.6. The Morgan fingerprint density at radius 1 is 0.667 bits per heavy atom. The van der Waals surface area contributed by atoms with Crippen LogP contribution in [0, 0.1) is 6.92 Å². The maximum Gasteiger partial charge on any atom is 0.310 e. The number of carboxylic acids is 1. The van der Waals surface area contributed by atoms with Crippen LogP contribution in [0.5, 0.6) is 0 Å². The molecule has 0 radical (unpaired) electrons. The third-order valence-electron chi connectivity index (χ3n) is 7.83. The van der Waals surface area contributed by atoms with Crippen LogP contribution >= 0.6 is 47.0 Å². The quantitative estimate of drug-likeness (QED) is 0.0436. The van der Waals surface area contributed by atoms with Crippen LogP contribution in [-0.4, -0.2) is 75.0 Å². The molecule has 0 bridgehead atoms. The zero-order chi connectivity index (χ0) is 39.2. The summed E-state index contributed by atoms with van der Waals surface area (Å²) in [5.74, 6) is 0.0337. The predicted octanol–water partition coefficient (Wildman–Crippen LogP) is 7.51. The molecule has 0 saturated heterocycles. The molecule has 0 saturated carbocycles. The van der Waals surface area contributed by atoms with Gasteiger partial charge in [0.1, 0.15) is 31.8 Å². The number of carboxylic acid groups (broad SMARTS) is 1. The molecule has 0 fully saturated rings. The first-order valence-corrected chi connectivity index (χ1v) is 21.4. The molecule has 54 heavy (non-hydrogen) atoms. The van der Waals surface area contributed by atoms with E-state index in [1.54, 1.807) is 12.1 Å². The fraction of sp³-hybridized carbons (Fsp3) is 0.256. The summed E-state index contributed by atoms with van der Waals surface area (Å²) in [5.41, 5.74) is 12.5. The van der Waals surface area contributed by atoms with Gasteiger partial charge in [0.15, 0.2) is 0 Å². The Morgan fingerprint density at radius 3 is 1.50 bits per heavy atom. The van der Waals surface area contributed by atoms with Crippen molar-refractivity contribution in [3.63, 3.8) is 0 Å². The first kappa shape index (κ1) is 42.2. The van der Waals surface area contributed by atoms with Crippen molar-refractivity contribution in [1.29, 1.82) is 0 Å². The standard InChI is InChI=1S/C23H23N3O3S2.C16H19N3O2S2/c1-14-4-8-16(9-5-14)21(29)24-17-10-6-15(7-11-17)12-19-25-22(30-2)18(13-20(27)28)23(26-19)31-3;1-21-14(20)9-12-15(22-2)18-13(19-16(12)23-3)8-10-4-6-11(17)7-5-10/h4-11H,12-13H2,1-3H3,(H,24,29)(H,27,28);4-7H,8-9,17H2,1-3H3. The number of aromatic nitrogens is 4. The summed E-state index contributed by atoms with van der Waals surface area (Å²) < 4.78 is 4.77. The molecule has 0 unspecified atom stereocenters. The van der Waals surface area contributed by atoms with Gasteiger partial charge >= 0.3 is 11.9 Å². The maximum atomic E-state index is 12.4. The predicted molar refractivity (Wildman–Crippen MR) is 220 cm³/mol. The number of methoxy groups -OCH3 is 1. The first-order chi connectivity index (χ1) is 26.0. The van der Waals surface area contributed by atoms with E-state index in [1.165, 1.54) is 54.2 Å². The molecule has 15 heteroatoms. The molecule has 3 aromatic carbocycles. The molecule has 1 amide bonds.